The SMILES string of the molecule is CCOC(=O)COc1c(Cl)cc(/C=C2\SC(=S)N(c3ccccc3OC)C2=O)cc1OC. The molecule has 0 bridgehead atoms. The van der Waals surface area contributed by atoms with Crippen molar-refractivity contribution in [3.63, 3.8) is 0 Å². The Labute approximate surface area is 200 Å². The average molecular weight is 494 g/mol. The van der Waals surface area contributed by atoms with Crippen LogP contribution >= 0.6 is 35.6 Å². The Hall–Kier alpha value is -2.75. The van der Waals surface area contributed by atoms with Gasteiger partial charge in [0.1, 0.15) is 5.75 Å². The molecule has 0 unspecified atom stereocenters. The average Bonchev–Trinajstić information content (AvgIpc) is 3.05. The Kier molecular flexibility index (Phi) is 8.00. The van der Waals surface area contributed by atoms with Gasteiger partial charge < -0.3 is 18.9 Å². The van der Waals surface area contributed by atoms with Gasteiger partial charge in [-0.15, -0.1) is 0 Å². The minimum atomic E-state index is -0.519. The molecule has 0 aliphatic carbocycles. The van der Waals surface area contributed by atoms with E-state index < -0.39 is 5.97 Å². The lowest BCUT2D eigenvalue weighted by Gasteiger charge is -2.17. The van der Waals surface area contributed by atoms with Crippen molar-refractivity contribution in [3.05, 3.63) is 51.9 Å². The second-order valence-electron chi connectivity index (χ2n) is 6.32. The molecule has 1 amide bonds. The fraction of sp³-hybridized carbons (Fsp3) is 0.227. The summed E-state index contributed by atoms with van der Waals surface area (Å²) in [7, 11) is 2.99. The lowest BCUT2D eigenvalue weighted by Crippen LogP contribution is -2.27. The van der Waals surface area contributed by atoms with Crippen LogP contribution in [-0.2, 0) is 14.3 Å². The Morgan fingerprint density at radius 1 is 1.19 bits per heavy atom. The number of benzene rings is 2. The first-order chi connectivity index (χ1) is 15.4. The molecule has 0 atom stereocenters. The van der Waals surface area contributed by atoms with Crippen molar-refractivity contribution < 1.29 is 28.5 Å². The zero-order valence-corrected chi connectivity index (χ0v) is 19.9. The predicted octanol–water partition coefficient (Wildman–Crippen LogP) is 4.70. The maximum Gasteiger partial charge on any atom is 0.344 e. The molecule has 1 saturated heterocycles. The van der Waals surface area contributed by atoms with E-state index in [1.807, 2.05) is 6.07 Å². The molecular weight excluding hydrogens is 474 g/mol. The number of carbonyl (C=O) groups excluding carboxylic acids is 2. The normalized spacial score (nSPS) is 14.6. The van der Waals surface area contributed by atoms with Crippen LogP contribution < -0.4 is 19.1 Å². The van der Waals surface area contributed by atoms with Crippen molar-refractivity contribution in [2.24, 2.45) is 0 Å². The first-order valence-corrected chi connectivity index (χ1v) is 11.1. The van der Waals surface area contributed by atoms with Crippen molar-refractivity contribution in [2.75, 3.05) is 32.3 Å². The van der Waals surface area contributed by atoms with E-state index in [1.54, 1.807) is 43.3 Å². The summed E-state index contributed by atoms with van der Waals surface area (Å²) in [6.45, 7) is 1.65. The van der Waals surface area contributed by atoms with E-state index in [4.69, 9.17) is 42.8 Å². The van der Waals surface area contributed by atoms with Crippen molar-refractivity contribution in [1.29, 1.82) is 0 Å². The molecule has 1 fully saturated rings. The number of amides is 1. The third-order valence-electron chi connectivity index (χ3n) is 4.31. The van der Waals surface area contributed by atoms with Crippen LogP contribution in [0.15, 0.2) is 41.3 Å². The molecule has 10 heteroatoms. The van der Waals surface area contributed by atoms with Crippen LogP contribution in [0.1, 0.15) is 12.5 Å². The highest BCUT2D eigenvalue weighted by Gasteiger charge is 2.35. The molecule has 3 rings (SSSR count). The van der Waals surface area contributed by atoms with Gasteiger partial charge in [0.05, 0.1) is 36.4 Å². The number of hydrogen-bond donors (Lipinski definition) is 0. The second-order valence-corrected chi connectivity index (χ2v) is 8.40. The van der Waals surface area contributed by atoms with Gasteiger partial charge in [0.2, 0.25) is 0 Å². The van der Waals surface area contributed by atoms with Gasteiger partial charge in [-0.05, 0) is 42.8 Å². The van der Waals surface area contributed by atoms with Gasteiger partial charge in [-0.2, -0.15) is 0 Å². The maximum atomic E-state index is 13.1. The molecule has 1 aliphatic heterocycles. The number of nitrogens with zero attached hydrogens (tertiary/aromatic N) is 1. The summed E-state index contributed by atoms with van der Waals surface area (Å²) >= 11 is 13.0. The zero-order chi connectivity index (χ0) is 23.3. The second kappa shape index (κ2) is 10.7. The Balaban J connectivity index is 1.88. The molecule has 0 spiro atoms. The van der Waals surface area contributed by atoms with Gasteiger partial charge in [0, 0.05) is 0 Å². The summed E-state index contributed by atoms with van der Waals surface area (Å²) in [6, 6.07) is 10.4. The number of ether oxygens (including phenoxy) is 4. The number of para-hydroxylation sites is 2. The van der Waals surface area contributed by atoms with Crippen molar-refractivity contribution in [3.8, 4) is 17.2 Å². The monoisotopic (exact) mass is 493 g/mol. The van der Waals surface area contributed by atoms with E-state index in [0.717, 1.165) is 0 Å². The fourth-order valence-electron chi connectivity index (χ4n) is 2.94. The topological polar surface area (TPSA) is 74.3 Å². The quantitative estimate of drug-likeness (QED) is 0.297. The van der Waals surface area contributed by atoms with Gasteiger partial charge in [-0.1, -0.05) is 47.7 Å². The molecule has 0 N–H and O–H groups in total. The smallest absolute Gasteiger partial charge is 0.344 e. The number of thiocarbonyl (C=S) groups is 1. The lowest BCUT2D eigenvalue weighted by atomic mass is 10.1. The molecule has 1 aliphatic rings. The number of halogens is 1. The Morgan fingerprint density at radius 3 is 2.59 bits per heavy atom. The van der Waals surface area contributed by atoms with Crippen LogP contribution in [0.2, 0.25) is 5.02 Å². The van der Waals surface area contributed by atoms with Crippen LogP contribution in [0.5, 0.6) is 17.2 Å². The third-order valence-corrected chi connectivity index (χ3v) is 5.89. The van der Waals surface area contributed by atoms with Crippen LogP contribution in [0.4, 0.5) is 5.69 Å². The number of esters is 1. The number of anilines is 1. The van der Waals surface area contributed by atoms with E-state index in [0.29, 0.717) is 32.0 Å². The van der Waals surface area contributed by atoms with Crippen LogP contribution in [-0.4, -0.2) is 43.6 Å². The number of methoxy groups -OCH3 is 2. The molecule has 2 aromatic rings. The molecule has 0 radical (unpaired) electrons. The number of carbonyl (C=O) groups is 2. The molecule has 0 saturated carbocycles. The third kappa shape index (κ3) is 5.17. The van der Waals surface area contributed by atoms with Crippen molar-refractivity contribution >= 4 is 63.5 Å². The molecule has 168 valence electrons. The summed E-state index contributed by atoms with van der Waals surface area (Å²) in [4.78, 5) is 26.5. The fourth-order valence-corrected chi connectivity index (χ4v) is 4.50. The number of thioether (sulfide) groups is 1. The first kappa shape index (κ1) is 23.9. The molecule has 1 heterocycles. The van der Waals surface area contributed by atoms with Gasteiger partial charge in [0.15, 0.2) is 22.4 Å². The highest BCUT2D eigenvalue weighted by Crippen LogP contribution is 2.41. The van der Waals surface area contributed by atoms with E-state index >= 15 is 0 Å². The predicted molar refractivity (Wildman–Crippen MR) is 129 cm³/mol. The van der Waals surface area contributed by atoms with Crippen molar-refractivity contribution in [1.82, 2.24) is 0 Å². The summed E-state index contributed by atoms with van der Waals surface area (Å²) in [5, 5.41) is 0.222. The molecule has 0 aromatic heterocycles. The molecule has 7 nitrogen and oxygen atoms in total. The van der Waals surface area contributed by atoms with Crippen molar-refractivity contribution in [2.45, 2.75) is 6.92 Å². The van der Waals surface area contributed by atoms with Gasteiger partial charge in [0.25, 0.3) is 5.91 Å². The highest BCUT2D eigenvalue weighted by atomic mass is 35.5. The molecule has 32 heavy (non-hydrogen) atoms. The molecular formula is C22H20ClNO6S2. The largest absolute Gasteiger partial charge is 0.495 e. The maximum absolute atomic E-state index is 13.1. The standard InChI is InChI=1S/C22H20ClNO6S2/c1-4-29-19(25)12-30-20-14(23)9-13(10-17(20)28-3)11-18-21(26)24(22(31)32-18)15-7-5-6-8-16(15)27-2/h5-11H,4,12H2,1-3H3/b18-11-. The zero-order valence-electron chi connectivity index (χ0n) is 17.5. The summed E-state index contributed by atoms with van der Waals surface area (Å²) in [5.41, 5.74) is 1.18. The summed E-state index contributed by atoms with van der Waals surface area (Å²) in [6.07, 6.45) is 1.66. The summed E-state index contributed by atoms with van der Waals surface area (Å²) < 4.78 is 21.4. The van der Waals surface area contributed by atoms with Gasteiger partial charge in [-0.25, -0.2) is 4.79 Å². The van der Waals surface area contributed by atoms with Gasteiger partial charge in [-0.3, -0.25) is 9.69 Å². The Bertz CT molecular complexity index is 1090. The Morgan fingerprint density at radius 2 is 1.91 bits per heavy atom. The van der Waals surface area contributed by atoms with Crippen LogP contribution in [0, 0.1) is 0 Å². The van der Waals surface area contributed by atoms with Crippen LogP contribution in [0.25, 0.3) is 6.08 Å². The van der Waals surface area contributed by atoms with E-state index in [1.165, 1.54) is 30.9 Å². The van der Waals surface area contributed by atoms with E-state index in [-0.39, 0.29) is 29.9 Å². The first-order valence-electron chi connectivity index (χ1n) is 9.46. The highest BCUT2D eigenvalue weighted by molar-refractivity contribution is 8.27. The van der Waals surface area contributed by atoms with Crippen LogP contribution in [0.3, 0.4) is 0 Å². The van der Waals surface area contributed by atoms with E-state index in [9.17, 15) is 9.59 Å². The molecule has 2 aromatic carbocycles. The minimum absolute atomic E-state index is 0.209. The van der Waals surface area contributed by atoms with Gasteiger partial charge >= 0.3 is 5.97 Å². The number of rotatable bonds is 8. The minimum Gasteiger partial charge on any atom is -0.495 e. The number of hydrogen-bond acceptors (Lipinski definition) is 8. The lowest BCUT2D eigenvalue weighted by molar-refractivity contribution is -0.145. The van der Waals surface area contributed by atoms with E-state index in [2.05, 4.69) is 0 Å². The summed E-state index contributed by atoms with van der Waals surface area (Å²) in [5.74, 6) is 0.268.